The molecule has 0 bridgehead atoms. The lowest BCUT2D eigenvalue weighted by molar-refractivity contribution is -0.114. The van der Waals surface area contributed by atoms with E-state index in [2.05, 4.69) is 0 Å². The Morgan fingerprint density at radius 3 is 2.25 bits per heavy atom. The normalized spacial score (nSPS) is 13.8. The summed E-state index contributed by atoms with van der Waals surface area (Å²) in [7, 11) is 0. The number of ketones is 1. The molecule has 1 aliphatic rings. The molecule has 1 heterocycles. The molecule has 0 spiro atoms. The maximum atomic E-state index is 13.6. The molecule has 1 aliphatic heterocycles. The zero-order valence-corrected chi connectivity index (χ0v) is 10.3. The zero-order valence-electron chi connectivity index (χ0n) is 10.3. The van der Waals surface area contributed by atoms with Crippen LogP contribution >= 0.6 is 0 Å². The van der Waals surface area contributed by atoms with Crippen LogP contribution in [0.5, 0.6) is 0 Å². The van der Waals surface area contributed by atoms with Crippen LogP contribution < -0.4 is 4.90 Å². The molecule has 0 N–H and O–H groups in total. The Morgan fingerprint density at radius 2 is 1.55 bits per heavy atom. The van der Waals surface area contributed by atoms with Crippen LogP contribution in [0, 0.1) is 11.6 Å². The minimum atomic E-state index is -0.770. The van der Waals surface area contributed by atoms with Crippen LogP contribution in [0.4, 0.5) is 14.5 Å². The molecule has 0 radical (unpaired) electrons. The van der Waals surface area contributed by atoms with Gasteiger partial charge < -0.3 is 4.90 Å². The second-order valence-corrected chi connectivity index (χ2v) is 4.44. The summed E-state index contributed by atoms with van der Waals surface area (Å²) in [5.74, 6) is -2.91. The maximum Gasteiger partial charge on any atom is 0.299 e. The maximum absolute atomic E-state index is 13.6. The Labute approximate surface area is 113 Å². The van der Waals surface area contributed by atoms with Crippen LogP contribution in [0.2, 0.25) is 0 Å². The van der Waals surface area contributed by atoms with Gasteiger partial charge in [0, 0.05) is 5.56 Å². The minimum Gasteiger partial charge on any atom is -0.300 e. The molecular weight excluding hydrogens is 264 g/mol. The summed E-state index contributed by atoms with van der Waals surface area (Å²) in [5.41, 5.74) is 0.407. The fourth-order valence-corrected chi connectivity index (χ4v) is 2.25. The number of amides is 1. The van der Waals surface area contributed by atoms with Crippen LogP contribution in [0.1, 0.15) is 15.9 Å². The number of rotatable bonds is 2. The molecular formula is C15H9F2NO2. The first-order valence-electron chi connectivity index (χ1n) is 5.97. The molecule has 0 aliphatic carbocycles. The summed E-state index contributed by atoms with van der Waals surface area (Å²) in [6.07, 6.45) is 0. The van der Waals surface area contributed by atoms with Crippen molar-refractivity contribution in [3.8, 4) is 0 Å². The van der Waals surface area contributed by atoms with E-state index in [9.17, 15) is 18.4 Å². The van der Waals surface area contributed by atoms with E-state index in [4.69, 9.17) is 0 Å². The first-order valence-corrected chi connectivity index (χ1v) is 5.97. The number of halogens is 2. The van der Waals surface area contributed by atoms with Crippen molar-refractivity contribution in [2.45, 2.75) is 6.54 Å². The third-order valence-corrected chi connectivity index (χ3v) is 3.26. The number of carbonyl (C=O) groups excluding carboxylic acids is 2. The van der Waals surface area contributed by atoms with E-state index < -0.39 is 23.3 Å². The van der Waals surface area contributed by atoms with Crippen molar-refractivity contribution in [2.24, 2.45) is 0 Å². The third-order valence-electron chi connectivity index (χ3n) is 3.26. The average Bonchev–Trinajstić information content (AvgIpc) is 2.68. The molecule has 0 atom stereocenters. The highest BCUT2D eigenvalue weighted by molar-refractivity contribution is 6.52. The fraction of sp³-hybridized carbons (Fsp3) is 0.0667. The lowest BCUT2D eigenvalue weighted by Gasteiger charge is -2.17. The van der Waals surface area contributed by atoms with E-state index >= 15 is 0 Å². The molecule has 0 fully saturated rings. The molecule has 20 heavy (non-hydrogen) atoms. The fourth-order valence-electron chi connectivity index (χ4n) is 2.25. The molecule has 0 unspecified atom stereocenters. The molecule has 0 aromatic heterocycles. The summed E-state index contributed by atoms with van der Waals surface area (Å²) < 4.78 is 27.3. The highest BCUT2D eigenvalue weighted by Gasteiger charge is 2.36. The first kappa shape index (κ1) is 12.5. The highest BCUT2D eigenvalue weighted by atomic mass is 19.1. The molecule has 5 heteroatoms. The second-order valence-electron chi connectivity index (χ2n) is 4.44. The van der Waals surface area contributed by atoms with Gasteiger partial charge in [0.2, 0.25) is 0 Å². The van der Waals surface area contributed by atoms with Gasteiger partial charge in [0.25, 0.3) is 11.7 Å². The van der Waals surface area contributed by atoms with Crippen molar-refractivity contribution in [3.63, 3.8) is 0 Å². The van der Waals surface area contributed by atoms with E-state index in [1.54, 1.807) is 18.2 Å². The smallest absolute Gasteiger partial charge is 0.299 e. The molecule has 2 aromatic rings. The van der Waals surface area contributed by atoms with Crippen molar-refractivity contribution >= 4 is 17.4 Å². The number of nitrogens with zero attached hydrogens (tertiary/aromatic N) is 1. The number of hydrogen-bond donors (Lipinski definition) is 0. The van der Waals surface area contributed by atoms with Crippen molar-refractivity contribution < 1.29 is 18.4 Å². The SMILES string of the molecule is O=C1C(=O)N(Cc2c(F)cccc2F)c2ccccc21. The van der Waals surface area contributed by atoms with E-state index in [1.165, 1.54) is 12.1 Å². The Hall–Kier alpha value is -2.56. The number of carbonyl (C=O) groups is 2. The second kappa shape index (κ2) is 4.52. The predicted molar refractivity (Wildman–Crippen MR) is 68.3 cm³/mol. The topological polar surface area (TPSA) is 37.4 Å². The lowest BCUT2D eigenvalue weighted by Crippen LogP contribution is -2.30. The van der Waals surface area contributed by atoms with Gasteiger partial charge in [-0.2, -0.15) is 0 Å². The summed E-state index contributed by atoms with van der Waals surface area (Å²) in [6.45, 7) is -0.305. The van der Waals surface area contributed by atoms with Crippen LogP contribution in [0.15, 0.2) is 42.5 Å². The molecule has 3 nitrogen and oxygen atoms in total. The predicted octanol–water partition coefficient (Wildman–Crippen LogP) is 2.69. The van der Waals surface area contributed by atoms with Crippen molar-refractivity contribution in [1.29, 1.82) is 0 Å². The van der Waals surface area contributed by atoms with Crippen LogP contribution in [-0.4, -0.2) is 11.7 Å². The summed E-state index contributed by atoms with van der Waals surface area (Å²) >= 11 is 0. The summed E-state index contributed by atoms with van der Waals surface area (Å²) in [5, 5.41) is 0. The Morgan fingerprint density at radius 1 is 0.900 bits per heavy atom. The van der Waals surface area contributed by atoms with Gasteiger partial charge in [0.15, 0.2) is 0 Å². The van der Waals surface area contributed by atoms with Crippen molar-refractivity contribution in [3.05, 3.63) is 65.2 Å². The molecule has 0 saturated heterocycles. The molecule has 3 rings (SSSR count). The Balaban J connectivity index is 2.04. The van der Waals surface area contributed by atoms with Crippen molar-refractivity contribution in [2.75, 3.05) is 4.90 Å². The lowest BCUT2D eigenvalue weighted by atomic mass is 10.1. The van der Waals surface area contributed by atoms with Gasteiger partial charge >= 0.3 is 0 Å². The van der Waals surface area contributed by atoms with Gasteiger partial charge in [-0.15, -0.1) is 0 Å². The Bertz CT molecular complexity index is 707. The number of para-hydroxylation sites is 1. The van der Waals surface area contributed by atoms with Gasteiger partial charge in [0.05, 0.1) is 17.8 Å². The van der Waals surface area contributed by atoms with Gasteiger partial charge in [0.1, 0.15) is 11.6 Å². The molecule has 100 valence electrons. The van der Waals surface area contributed by atoms with E-state index in [-0.39, 0.29) is 17.7 Å². The average molecular weight is 273 g/mol. The highest BCUT2D eigenvalue weighted by Crippen LogP contribution is 2.30. The summed E-state index contributed by atoms with van der Waals surface area (Å²) in [4.78, 5) is 24.8. The number of benzene rings is 2. The van der Waals surface area contributed by atoms with Gasteiger partial charge in [-0.3, -0.25) is 9.59 Å². The van der Waals surface area contributed by atoms with E-state index in [0.717, 1.165) is 17.0 Å². The number of fused-ring (bicyclic) bond motifs is 1. The van der Waals surface area contributed by atoms with Crippen LogP contribution in [0.3, 0.4) is 0 Å². The van der Waals surface area contributed by atoms with Crippen LogP contribution in [0.25, 0.3) is 0 Å². The number of anilines is 1. The summed E-state index contributed by atoms with van der Waals surface area (Å²) in [6, 6.07) is 9.88. The molecule has 0 saturated carbocycles. The van der Waals surface area contributed by atoms with Crippen LogP contribution in [-0.2, 0) is 11.3 Å². The van der Waals surface area contributed by atoms with E-state index in [0.29, 0.717) is 5.69 Å². The van der Waals surface area contributed by atoms with Crippen molar-refractivity contribution in [1.82, 2.24) is 0 Å². The minimum absolute atomic E-state index is 0.231. The number of hydrogen-bond acceptors (Lipinski definition) is 2. The standard InChI is InChI=1S/C15H9F2NO2/c16-11-5-3-6-12(17)10(11)8-18-13-7-2-1-4-9(13)14(19)15(18)20/h1-7H,8H2. The van der Waals surface area contributed by atoms with E-state index in [1.807, 2.05) is 0 Å². The molecule has 2 aromatic carbocycles. The quantitative estimate of drug-likeness (QED) is 0.789. The zero-order chi connectivity index (χ0) is 14.3. The monoisotopic (exact) mass is 273 g/mol. The first-order chi connectivity index (χ1) is 9.59. The third kappa shape index (κ3) is 1.79. The van der Waals surface area contributed by atoms with Gasteiger partial charge in [-0.1, -0.05) is 18.2 Å². The Kier molecular flexibility index (Phi) is 2.82. The van der Waals surface area contributed by atoms with Gasteiger partial charge in [-0.25, -0.2) is 8.78 Å². The molecule has 1 amide bonds. The van der Waals surface area contributed by atoms with Gasteiger partial charge in [-0.05, 0) is 24.3 Å². The number of Topliss-reactive ketones (excluding diaryl/α,β-unsaturated/α-hetero) is 1. The largest absolute Gasteiger partial charge is 0.300 e.